The molecule has 0 spiro atoms. The van der Waals surface area contributed by atoms with E-state index >= 15 is 0 Å². The van der Waals surface area contributed by atoms with Gasteiger partial charge in [0.15, 0.2) is 0 Å². The van der Waals surface area contributed by atoms with Crippen molar-refractivity contribution in [3.05, 3.63) is 58.9 Å². The third-order valence-corrected chi connectivity index (χ3v) is 3.32. The second-order valence-corrected chi connectivity index (χ2v) is 5.66. The number of benzene rings is 1. The molecule has 1 aliphatic rings. The minimum atomic E-state index is -0.0308. The highest BCUT2D eigenvalue weighted by Crippen LogP contribution is 2.18. The molecule has 0 radical (unpaired) electrons. The Morgan fingerprint density at radius 2 is 1.87 bits per heavy atom. The first kappa shape index (κ1) is 19.0. The predicted molar refractivity (Wildman–Crippen MR) is 96.5 cm³/mol. The van der Waals surface area contributed by atoms with Crippen LogP contribution < -0.4 is 5.32 Å². The Labute approximate surface area is 140 Å². The van der Waals surface area contributed by atoms with Gasteiger partial charge in [0.1, 0.15) is 5.76 Å². The van der Waals surface area contributed by atoms with Crippen molar-refractivity contribution in [3.63, 3.8) is 0 Å². The highest BCUT2D eigenvalue weighted by molar-refractivity contribution is 5.94. The molecule has 1 aromatic rings. The van der Waals surface area contributed by atoms with Crippen molar-refractivity contribution < 1.29 is 9.53 Å². The number of carbonyl (C=O) groups is 1. The zero-order valence-corrected chi connectivity index (χ0v) is 15.0. The molecule has 126 valence electrons. The van der Waals surface area contributed by atoms with Crippen LogP contribution in [0.3, 0.4) is 0 Å². The molecule has 3 heteroatoms. The molecule has 1 N–H and O–H groups in total. The van der Waals surface area contributed by atoms with Gasteiger partial charge in [0.05, 0.1) is 6.10 Å². The maximum Gasteiger partial charge on any atom is 0.251 e. The number of rotatable bonds is 5. The van der Waals surface area contributed by atoms with Crippen LogP contribution in [-0.4, -0.2) is 18.6 Å². The molecule has 2 rings (SSSR count). The monoisotopic (exact) mass is 315 g/mol. The summed E-state index contributed by atoms with van der Waals surface area (Å²) in [6.45, 7) is 10.6. The summed E-state index contributed by atoms with van der Waals surface area (Å²) in [5.41, 5.74) is 3.06. The van der Waals surface area contributed by atoms with Crippen LogP contribution in [0.25, 0.3) is 0 Å². The predicted octanol–water partition coefficient (Wildman–Crippen LogP) is 4.78. The molecule has 0 unspecified atom stereocenters. The van der Waals surface area contributed by atoms with Crippen LogP contribution in [0.1, 0.15) is 56.5 Å². The highest BCUT2D eigenvalue weighted by Gasteiger charge is 2.10. The van der Waals surface area contributed by atoms with Gasteiger partial charge in [0.2, 0.25) is 0 Å². The summed E-state index contributed by atoms with van der Waals surface area (Å²) in [5.74, 6) is 0.882. The number of aryl methyl sites for hydroxylation is 1. The van der Waals surface area contributed by atoms with Gasteiger partial charge >= 0.3 is 0 Å². The molecule has 0 fully saturated rings. The van der Waals surface area contributed by atoms with Crippen molar-refractivity contribution in [3.8, 4) is 0 Å². The summed E-state index contributed by atoms with van der Waals surface area (Å²) in [5, 5.41) is 2.97. The lowest BCUT2D eigenvalue weighted by molar-refractivity contribution is 0.0956. The van der Waals surface area contributed by atoms with Gasteiger partial charge in [-0.05, 0) is 63.5 Å². The first-order valence-electron chi connectivity index (χ1n) is 8.45. The van der Waals surface area contributed by atoms with Crippen molar-refractivity contribution in [2.24, 2.45) is 0 Å². The second-order valence-electron chi connectivity index (χ2n) is 5.66. The number of ether oxygens (including phenoxy) is 1. The van der Waals surface area contributed by atoms with E-state index in [0.29, 0.717) is 12.1 Å². The van der Waals surface area contributed by atoms with Gasteiger partial charge in [-0.15, -0.1) is 0 Å². The molecule has 1 aliphatic carbocycles. The van der Waals surface area contributed by atoms with Crippen LogP contribution in [-0.2, 0) is 4.74 Å². The Bertz CT molecular complexity index is 554. The van der Waals surface area contributed by atoms with E-state index in [4.69, 9.17) is 4.74 Å². The second kappa shape index (κ2) is 9.88. The number of carbonyl (C=O) groups excluding carboxylic acids is 1. The molecule has 0 aromatic heterocycles. The minimum Gasteiger partial charge on any atom is -0.491 e. The quantitative estimate of drug-likeness (QED) is 0.849. The van der Waals surface area contributed by atoms with Crippen LogP contribution in [0.2, 0.25) is 0 Å². The van der Waals surface area contributed by atoms with Crippen molar-refractivity contribution >= 4 is 5.91 Å². The molecule has 0 saturated carbocycles. The third-order valence-electron chi connectivity index (χ3n) is 3.32. The third kappa shape index (κ3) is 6.72. The zero-order valence-electron chi connectivity index (χ0n) is 15.0. The van der Waals surface area contributed by atoms with Crippen molar-refractivity contribution in [2.75, 3.05) is 6.54 Å². The smallest absolute Gasteiger partial charge is 0.251 e. The standard InChI is InChI=1S/C18H23NO2.C2H6/c1-13(2)21-17-6-4-5-15(11-17)12-19-18(20)16-9-7-14(3)8-10-16;1-2/h6-11,13H,4-5,12H2,1-3H3,(H,19,20);1-2H3. The Balaban J connectivity index is 0.00000127. The molecule has 3 nitrogen and oxygen atoms in total. The maximum atomic E-state index is 12.1. The number of hydrogen-bond donors (Lipinski definition) is 1. The van der Waals surface area contributed by atoms with Crippen LogP contribution in [0, 0.1) is 6.92 Å². The summed E-state index contributed by atoms with van der Waals surface area (Å²) in [6.07, 6.45) is 6.26. The first-order chi connectivity index (χ1) is 11.0. The zero-order chi connectivity index (χ0) is 17.2. The molecule has 1 amide bonds. The van der Waals surface area contributed by atoms with E-state index < -0.39 is 0 Å². The Kier molecular flexibility index (Phi) is 8.17. The largest absolute Gasteiger partial charge is 0.491 e. The van der Waals surface area contributed by atoms with Crippen LogP contribution in [0.15, 0.2) is 47.7 Å². The molecule has 0 aliphatic heterocycles. The van der Waals surface area contributed by atoms with Crippen molar-refractivity contribution in [1.82, 2.24) is 5.32 Å². The SMILES string of the molecule is CC.Cc1ccc(C(=O)NCC2=CC(OC(C)C)=CCC2)cc1. The summed E-state index contributed by atoms with van der Waals surface area (Å²) in [7, 11) is 0. The average Bonchev–Trinajstić information content (AvgIpc) is 2.55. The van der Waals surface area contributed by atoms with Gasteiger partial charge in [-0.1, -0.05) is 31.5 Å². The van der Waals surface area contributed by atoms with Crippen LogP contribution >= 0.6 is 0 Å². The van der Waals surface area contributed by atoms with Gasteiger partial charge in [-0.2, -0.15) is 0 Å². The number of allylic oxidation sites excluding steroid dienone is 2. The normalized spacial score (nSPS) is 13.5. The molecule has 1 aromatic carbocycles. The number of hydrogen-bond acceptors (Lipinski definition) is 2. The summed E-state index contributed by atoms with van der Waals surface area (Å²) in [4.78, 5) is 12.1. The lowest BCUT2D eigenvalue weighted by atomic mass is 10.0. The fourth-order valence-corrected chi connectivity index (χ4v) is 2.23. The van der Waals surface area contributed by atoms with E-state index in [1.54, 1.807) is 0 Å². The fraction of sp³-hybridized carbons (Fsp3) is 0.450. The Hall–Kier alpha value is -2.03. The van der Waals surface area contributed by atoms with Gasteiger partial charge in [-0.3, -0.25) is 4.79 Å². The van der Waals surface area contributed by atoms with E-state index in [2.05, 4.69) is 11.4 Å². The molecular weight excluding hydrogens is 286 g/mol. The topological polar surface area (TPSA) is 38.3 Å². The van der Waals surface area contributed by atoms with E-state index in [1.807, 2.05) is 65.0 Å². The van der Waals surface area contributed by atoms with Gasteiger partial charge in [-0.25, -0.2) is 0 Å². The van der Waals surface area contributed by atoms with Gasteiger partial charge < -0.3 is 10.1 Å². The first-order valence-corrected chi connectivity index (χ1v) is 8.45. The fourth-order valence-electron chi connectivity index (χ4n) is 2.23. The molecule has 0 saturated heterocycles. The lowest BCUT2D eigenvalue weighted by Crippen LogP contribution is -2.26. The maximum absolute atomic E-state index is 12.1. The van der Waals surface area contributed by atoms with E-state index in [-0.39, 0.29) is 12.0 Å². The van der Waals surface area contributed by atoms with Crippen molar-refractivity contribution in [1.29, 1.82) is 0 Å². The molecule has 0 bridgehead atoms. The average molecular weight is 315 g/mol. The lowest BCUT2D eigenvalue weighted by Gasteiger charge is -2.17. The molecular formula is C20H29NO2. The Morgan fingerprint density at radius 1 is 1.22 bits per heavy atom. The van der Waals surface area contributed by atoms with E-state index in [0.717, 1.165) is 24.2 Å². The molecule has 0 heterocycles. The molecule has 0 atom stereocenters. The Morgan fingerprint density at radius 3 is 2.48 bits per heavy atom. The summed E-state index contributed by atoms with van der Waals surface area (Å²) < 4.78 is 5.70. The van der Waals surface area contributed by atoms with Crippen LogP contribution in [0.5, 0.6) is 0 Å². The molecule has 23 heavy (non-hydrogen) atoms. The summed E-state index contributed by atoms with van der Waals surface area (Å²) in [6, 6.07) is 7.61. The highest BCUT2D eigenvalue weighted by atomic mass is 16.5. The summed E-state index contributed by atoms with van der Waals surface area (Å²) >= 11 is 0. The van der Waals surface area contributed by atoms with Crippen molar-refractivity contribution in [2.45, 2.75) is 53.6 Å². The van der Waals surface area contributed by atoms with Crippen LogP contribution in [0.4, 0.5) is 0 Å². The number of nitrogens with one attached hydrogen (secondary N) is 1. The van der Waals surface area contributed by atoms with E-state index in [1.165, 1.54) is 5.57 Å². The number of amides is 1. The van der Waals surface area contributed by atoms with Gasteiger partial charge in [0, 0.05) is 12.1 Å². The van der Waals surface area contributed by atoms with E-state index in [9.17, 15) is 4.79 Å². The minimum absolute atomic E-state index is 0.0308. The van der Waals surface area contributed by atoms with Gasteiger partial charge in [0.25, 0.3) is 5.91 Å².